The molecule has 8 heteroatoms. The highest BCUT2D eigenvalue weighted by Gasteiger charge is 2.28. The number of nitrogens with zero attached hydrogens (tertiary/aromatic N) is 3. The molecule has 0 atom stereocenters. The van der Waals surface area contributed by atoms with Gasteiger partial charge in [0.25, 0.3) is 5.91 Å². The molecule has 0 unspecified atom stereocenters. The summed E-state index contributed by atoms with van der Waals surface area (Å²) in [5, 5.41) is 2.89. The van der Waals surface area contributed by atoms with Crippen molar-refractivity contribution in [2.45, 2.75) is 43.9 Å². The van der Waals surface area contributed by atoms with Crippen LogP contribution in [-0.2, 0) is 10.0 Å². The highest BCUT2D eigenvalue weighted by Crippen LogP contribution is 2.26. The Bertz CT molecular complexity index is 1010. The minimum atomic E-state index is -3.50. The number of hydrogen-bond acceptors (Lipinski definition) is 5. The average Bonchev–Trinajstić information content (AvgIpc) is 2.80. The third-order valence-electron chi connectivity index (χ3n) is 6.18. The second kappa shape index (κ2) is 9.36. The molecule has 2 aliphatic heterocycles. The van der Waals surface area contributed by atoms with Crippen molar-refractivity contribution in [3.05, 3.63) is 48.2 Å². The number of carbonyl (C=O) groups excluding carboxylic acids is 1. The van der Waals surface area contributed by atoms with Crippen molar-refractivity contribution in [2.75, 3.05) is 36.4 Å². The summed E-state index contributed by atoms with van der Waals surface area (Å²) >= 11 is 0. The Balaban J connectivity index is 1.47. The molecule has 0 saturated carbocycles. The fraction of sp³-hybridized carbons (Fsp3) is 0.478. The largest absolute Gasteiger partial charge is 0.356 e. The van der Waals surface area contributed by atoms with E-state index in [9.17, 15) is 13.2 Å². The van der Waals surface area contributed by atoms with Gasteiger partial charge in [0.1, 0.15) is 5.82 Å². The molecule has 1 N–H and O–H groups in total. The first-order valence-electron chi connectivity index (χ1n) is 11.1. The van der Waals surface area contributed by atoms with Crippen molar-refractivity contribution in [3.8, 4) is 0 Å². The van der Waals surface area contributed by atoms with Gasteiger partial charge in [-0.05, 0) is 74.4 Å². The van der Waals surface area contributed by atoms with Crippen LogP contribution in [0.3, 0.4) is 0 Å². The van der Waals surface area contributed by atoms with Gasteiger partial charge >= 0.3 is 0 Å². The molecule has 0 aliphatic carbocycles. The van der Waals surface area contributed by atoms with Crippen LogP contribution < -0.4 is 10.2 Å². The smallest absolute Gasteiger partial charge is 0.259 e. The Hall–Kier alpha value is -2.45. The lowest BCUT2D eigenvalue weighted by atomic mass is 10.0. The number of amides is 1. The monoisotopic (exact) mass is 442 g/mol. The lowest BCUT2D eigenvalue weighted by Crippen LogP contribution is -2.37. The Morgan fingerprint density at radius 3 is 2.35 bits per heavy atom. The summed E-state index contributed by atoms with van der Waals surface area (Å²) in [5.74, 6) is 1.03. The molecule has 4 rings (SSSR count). The minimum absolute atomic E-state index is 0.241. The number of piperidine rings is 2. The van der Waals surface area contributed by atoms with Crippen LogP contribution >= 0.6 is 0 Å². The number of hydrogen-bond donors (Lipinski definition) is 1. The standard InChI is InChI=1S/C23H30N4O3S/c1-18-11-16-27(17-12-18)31(29,30)20-9-7-19(8-10-20)25-23(28)21-6-5-13-24-22(21)26-14-3-2-4-15-26/h5-10,13,18H,2-4,11-12,14-17H2,1H3,(H,25,28). The van der Waals surface area contributed by atoms with Gasteiger partial charge in [-0.2, -0.15) is 4.31 Å². The van der Waals surface area contributed by atoms with Gasteiger partial charge in [-0.3, -0.25) is 4.79 Å². The average molecular weight is 443 g/mol. The van der Waals surface area contributed by atoms with Crippen molar-refractivity contribution in [1.29, 1.82) is 0 Å². The summed E-state index contributed by atoms with van der Waals surface area (Å²) in [5.41, 5.74) is 1.09. The third-order valence-corrected chi connectivity index (χ3v) is 8.09. The number of nitrogens with one attached hydrogen (secondary N) is 1. The molecule has 3 heterocycles. The molecule has 166 valence electrons. The molecule has 2 aromatic rings. The molecule has 0 bridgehead atoms. The number of sulfonamides is 1. The number of aromatic nitrogens is 1. The van der Waals surface area contributed by atoms with Gasteiger partial charge in [0.15, 0.2) is 0 Å². The van der Waals surface area contributed by atoms with E-state index in [0.29, 0.717) is 36.1 Å². The minimum Gasteiger partial charge on any atom is -0.356 e. The predicted octanol–water partition coefficient (Wildman–Crippen LogP) is 3.74. The van der Waals surface area contributed by atoms with Crippen LogP contribution in [0.2, 0.25) is 0 Å². The zero-order chi connectivity index (χ0) is 21.8. The van der Waals surface area contributed by atoms with E-state index in [-0.39, 0.29) is 10.8 Å². The molecule has 2 fully saturated rings. The quantitative estimate of drug-likeness (QED) is 0.763. The molecule has 7 nitrogen and oxygen atoms in total. The van der Waals surface area contributed by atoms with Crippen molar-refractivity contribution in [3.63, 3.8) is 0 Å². The van der Waals surface area contributed by atoms with Gasteiger partial charge in [0, 0.05) is 38.1 Å². The molecular weight excluding hydrogens is 412 g/mol. The maximum absolute atomic E-state index is 12.9. The summed E-state index contributed by atoms with van der Waals surface area (Å²) < 4.78 is 27.3. The zero-order valence-corrected chi connectivity index (χ0v) is 18.8. The summed E-state index contributed by atoms with van der Waals surface area (Å²) in [4.78, 5) is 19.8. The van der Waals surface area contributed by atoms with Crippen molar-refractivity contribution < 1.29 is 13.2 Å². The molecule has 0 radical (unpaired) electrons. The first kappa shape index (κ1) is 21.8. The molecule has 31 heavy (non-hydrogen) atoms. The highest BCUT2D eigenvalue weighted by molar-refractivity contribution is 7.89. The first-order valence-corrected chi connectivity index (χ1v) is 12.5. The third kappa shape index (κ3) is 4.91. The predicted molar refractivity (Wildman–Crippen MR) is 122 cm³/mol. The van der Waals surface area contributed by atoms with Gasteiger partial charge in [-0.25, -0.2) is 13.4 Å². The fourth-order valence-corrected chi connectivity index (χ4v) is 5.68. The van der Waals surface area contributed by atoms with Gasteiger partial charge in [-0.15, -0.1) is 0 Å². The van der Waals surface area contributed by atoms with Crippen LogP contribution in [0.1, 0.15) is 49.4 Å². The van der Waals surface area contributed by atoms with E-state index in [2.05, 4.69) is 22.1 Å². The number of benzene rings is 1. The van der Waals surface area contributed by atoms with E-state index in [0.717, 1.165) is 38.8 Å². The van der Waals surface area contributed by atoms with Crippen LogP contribution in [0.4, 0.5) is 11.5 Å². The number of anilines is 2. The van der Waals surface area contributed by atoms with Crippen molar-refractivity contribution >= 4 is 27.4 Å². The molecule has 2 aliphatic rings. The normalized spacial score (nSPS) is 18.7. The molecule has 1 aromatic heterocycles. The molecule has 0 spiro atoms. The van der Waals surface area contributed by atoms with E-state index in [1.165, 1.54) is 6.42 Å². The van der Waals surface area contributed by atoms with E-state index in [1.807, 2.05) is 0 Å². The van der Waals surface area contributed by atoms with E-state index in [1.54, 1.807) is 46.9 Å². The maximum Gasteiger partial charge on any atom is 0.259 e. The van der Waals surface area contributed by atoms with Gasteiger partial charge < -0.3 is 10.2 Å². The summed E-state index contributed by atoms with van der Waals surface area (Å²) in [6.07, 6.45) is 6.89. The maximum atomic E-state index is 12.9. The lowest BCUT2D eigenvalue weighted by Gasteiger charge is -2.29. The second-order valence-electron chi connectivity index (χ2n) is 8.49. The van der Waals surface area contributed by atoms with Gasteiger partial charge in [-0.1, -0.05) is 6.92 Å². The van der Waals surface area contributed by atoms with Crippen LogP contribution in [0.5, 0.6) is 0 Å². The van der Waals surface area contributed by atoms with E-state index < -0.39 is 10.0 Å². The van der Waals surface area contributed by atoms with E-state index in [4.69, 9.17) is 0 Å². The Labute approximate surface area is 184 Å². The molecule has 2 saturated heterocycles. The number of carbonyl (C=O) groups is 1. The Morgan fingerprint density at radius 2 is 1.68 bits per heavy atom. The van der Waals surface area contributed by atoms with Gasteiger partial charge in [0.05, 0.1) is 10.5 Å². The lowest BCUT2D eigenvalue weighted by molar-refractivity contribution is 0.102. The summed E-state index contributed by atoms with van der Waals surface area (Å²) in [6.45, 7) is 5.07. The van der Waals surface area contributed by atoms with Crippen LogP contribution in [0.15, 0.2) is 47.5 Å². The molecular formula is C23H30N4O3S. The summed E-state index contributed by atoms with van der Waals surface area (Å²) in [6, 6.07) is 9.97. The van der Waals surface area contributed by atoms with Gasteiger partial charge in [0.2, 0.25) is 10.0 Å². The number of rotatable bonds is 5. The first-order chi connectivity index (χ1) is 14.9. The Morgan fingerprint density at radius 1 is 1.00 bits per heavy atom. The van der Waals surface area contributed by atoms with Crippen LogP contribution in [-0.4, -0.2) is 49.8 Å². The Kier molecular flexibility index (Phi) is 6.57. The molecule has 1 aromatic carbocycles. The van der Waals surface area contributed by atoms with Crippen LogP contribution in [0, 0.1) is 5.92 Å². The molecule has 1 amide bonds. The van der Waals surface area contributed by atoms with Crippen molar-refractivity contribution in [1.82, 2.24) is 9.29 Å². The SMILES string of the molecule is CC1CCN(S(=O)(=O)c2ccc(NC(=O)c3cccnc3N3CCCCC3)cc2)CC1. The van der Waals surface area contributed by atoms with Crippen LogP contribution in [0.25, 0.3) is 0 Å². The van der Waals surface area contributed by atoms with E-state index >= 15 is 0 Å². The fourth-order valence-electron chi connectivity index (χ4n) is 4.21. The highest BCUT2D eigenvalue weighted by atomic mass is 32.2. The number of pyridine rings is 1. The topological polar surface area (TPSA) is 82.6 Å². The van der Waals surface area contributed by atoms with Crippen molar-refractivity contribution in [2.24, 2.45) is 5.92 Å². The zero-order valence-electron chi connectivity index (χ0n) is 18.0. The second-order valence-corrected chi connectivity index (χ2v) is 10.4. The summed E-state index contributed by atoms with van der Waals surface area (Å²) in [7, 11) is -3.50.